The third-order valence-electron chi connectivity index (χ3n) is 3.14. The number of ether oxygens (including phenoxy) is 1. The molecule has 1 aliphatic heterocycles. The number of nitrogens with zero attached hydrogens (tertiary/aromatic N) is 1. The molecule has 18 heavy (non-hydrogen) atoms. The number of hydrogen-bond acceptors (Lipinski definition) is 4. The van der Waals surface area contributed by atoms with Gasteiger partial charge in [0.2, 0.25) is 5.91 Å². The number of carboxylic acid groups (broad SMARTS) is 1. The van der Waals surface area contributed by atoms with E-state index in [4.69, 9.17) is 9.84 Å². The van der Waals surface area contributed by atoms with Crippen LogP contribution in [0.2, 0.25) is 0 Å². The first kappa shape index (κ1) is 14.9. The summed E-state index contributed by atoms with van der Waals surface area (Å²) in [6, 6.07) is 0. The zero-order valence-electron chi connectivity index (χ0n) is 11.1. The summed E-state index contributed by atoms with van der Waals surface area (Å²) in [5.74, 6) is -1.54. The summed E-state index contributed by atoms with van der Waals surface area (Å²) in [6.45, 7) is 7.60. The first-order valence-electron chi connectivity index (χ1n) is 6.26. The van der Waals surface area contributed by atoms with E-state index in [2.05, 4.69) is 10.2 Å². The molecule has 104 valence electrons. The van der Waals surface area contributed by atoms with Crippen LogP contribution in [0.1, 0.15) is 20.3 Å². The first-order valence-corrected chi connectivity index (χ1v) is 6.26. The van der Waals surface area contributed by atoms with E-state index in [1.807, 2.05) is 0 Å². The number of morpholine rings is 1. The quantitative estimate of drug-likeness (QED) is 0.515. The topological polar surface area (TPSA) is 78.9 Å². The van der Waals surface area contributed by atoms with E-state index >= 15 is 0 Å². The number of rotatable bonds is 6. The molecule has 1 heterocycles. The summed E-state index contributed by atoms with van der Waals surface area (Å²) in [7, 11) is 0. The number of hydrogen-bond donors (Lipinski definition) is 2. The second kappa shape index (κ2) is 6.70. The van der Waals surface area contributed by atoms with Crippen LogP contribution in [0.5, 0.6) is 0 Å². The fourth-order valence-corrected chi connectivity index (χ4v) is 1.65. The van der Waals surface area contributed by atoms with Crippen molar-refractivity contribution in [3.05, 3.63) is 0 Å². The Balaban J connectivity index is 2.17. The molecule has 0 aliphatic carbocycles. The van der Waals surface area contributed by atoms with Gasteiger partial charge < -0.3 is 15.2 Å². The van der Waals surface area contributed by atoms with Crippen LogP contribution in [0.15, 0.2) is 0 Å². The van der Waals surface area contributed by atoms with E-state index in [0.29, 0.717) is 6.54 Å². The zero-order valence-corrected chi connectivity index (χ0v) is 11.1. The van der Waals surface area contributed by atoms with Gasteiger partial charge in [-0.2, -0.15) is 0 Å². The predicted molar refractivity (Wildman–Crippen MR) is 66.3 cm³/mol. The Labute approximate surface area is 107 Å². The highest BCUT2D eigenvalue weighted by atomic mass is 16.5. The first-order chi connectivity index (χ1) is 8.44. The minimum absolute atomic E-state index is 0.433. The van der Waals surface area contributed by atoms with Crippen LogP contribution in [0.4, 0.5) is 0 Å². The molecule has 0 bridgehead atoms. The Kier molecular flexibility index (Phi) is 5.55. The molecule has 1 saturated heterocycles. The maximum atomic E-state index is 11.6. The summed E-state index contributed by atoms with van der Waals surface area (Å²) in [4.78, 5) is 24.8. The smallest absolute Gasteiger partial charge is 0.318 e. The molecule has 2 N–H and O–H groups in total. The molecular formula is C12H22N2O4. The lowest BCUT2D eigenvalue weighted by Gasteiger charge is -2.26. The highest BCUT2D eigenvalue weighted by Gasteiger charge is 2.35. The van der Waals surface area contributed by atoms with Gasteiger partial charge in [0, 0.05) is 19.6 Å². The Morgan fingerprint density at radius 3 is 2.50 bits per heavy atom. The summed E-state index contributed by atoms with van der Waals surface area (Å²) < 4.78 is 5.24. The van der Waals surface area contributed by atoms with Gasteiger partial charge in [0.15, 0.2) is 0 Å². The summed E-state index contributed by atoms with van der Waals surface area (Å²) in [6.07, 6.45) is 0.821. The van der Waals surface area contributed by atoms with Crippen LogP contribution >= 0.6 is 0 Å². The third kappa shape index (κ3) is 4.27. The lowest BCUT2D eigenvalue weighted by molar-refractivity contribution is -0.153. The SMILES string of the molecule is CC(C)(C(=O)O)C(=O)NCCCN1CCOCC1. The molecule has 0 aromatic heterocycles. The number of carbonyl (C=O) groups is 2. The number of carboxylic acids is 1. The third-order valence-corrected chi connectivity index (χ3v) is 3.14. The molecule has 0 spiro atoms. The minimum atomic E-state index is -1.36. The molecule has 0 saturated carbocycles. The monoisotopic (exact) mass is 258 g/mol. The zero-order chi connectivity index (χ0) is 13.6. The van der Waals surface area contributed by atoms with E-state index in [-0.39, 0.29) is 0 Å². The number of aliphatic carboxylic acids is 1. The van der Waals surface area contributed by atoms with Crippen LogP contribution < -0.4 is 5.32 Å². The van der Waals surface area contributed by atoms with E-state index < -0.39 is 17.3 Å². The van der Waals surface area contributed by atoms with Crippen molar-refractivity contribution in [2.75, 3.05) is 39.4 Å². The molecule has 0 aromatic carbocycles. The maximum Gasteiger partial charge on any atom is 0.318 e. The van der Waals surface area contributed by atoms with Gasteiger partial charge >= 0.3 is 5.97 Å². The minimum Gasteiger partial charge on any atom is -0.480 e. The van der Waals surface area contributed by atoms with Crippen molar-refractivity contribution in [2.24, 2.45) is 5.41 Å². The van der Waals surface area contributed by atoms with Crippen LogP contribution in [-0.2, 0) is 14.3 Å². The Morgan fingerprint density at radius 1 is 1.33 bits per heavy atom. The van der Waals surface area contributed by atoms with Gasteiger partial charge in [-0.05, 0) is 26.8 Å². The Bertz CT molecular complexity index is 298. The van der Waals surface area contributed by atoms with Gasteiger partial charge in [-0.3, -0.25) is 14.5 Å². The van der Waals surface area contributed by atoms with E-state index in [1.54, 1.807) is 0 Å². The largest absolute Gasteiger partial charge is 0.480 e. The molecule has 0 unspecified atom stereocenters. The second-order valence-electron chi connectivity index (χ2n) is 4.99. The van der Waals surface area contributed by atoms with Crippen molar-refractivity contribution in [3.8, 4) is 0 Å². The van der Waals surface area contributed by atoms with Crippen molar-refractivity contribution >= 4 is 11.9 Å². The van der Waals surface area contributed by atoms with Crippen molar-refractivity contribution in [1.82, 2.24) is 10.2 Å². The summed E-state index contributed by atoms with van der Waals surface area (Å²) in [5, 5.41) is 11.6. The molecule has 1 rings (SSSR count). The predicted octanol–water partition coefficient (Wildman–Crippen LogP) is -0.0643. The standard InChI is InChI=1S/C12H22N2O4/c1-12(2,11(16)17)10(15)13-4-3-5-14-6-8-18-9-7-14/h3-9H2,1-2H3,(H,13,15)(H,16,17). The Hall–Kier alpha value is -1.14. The van der Waals surface area contributed by atoms with Gasteiger partial charge in [-0.1, -0.05) is 0 Å². The highest BCUT2D eigenvalue weighted by Crippen LogP contribution is 2.14. The highest BCUT2D eigenvalue weighted by molar-refractivity contribution is 6.00. The fraction of sp³-hybridized carbons (Fsp3) is 0.833. The summed E-state index contributed by atoms with van der Waals surface area (Å²) >= 11 is 0. The van der Waals surface area contributed by atoms with Crippen LogP contribution in [0, 0.1) is 5.41 Å². The molecule has 1 aliphatic rings. The van der Waals surface area contributed by atoms with E-state index in [1.165, 1.54) is 13.8 Å². The normalized spacial score (nSPS) is 17.4. The lowest BCUT2D eigenvalue weighted by atomic mass is 9.93. The number of carbonyl (C=O) groups excluding carboxylic acids is 1. The molecule has 6 heteroatoms. The lowest BCUT2D eigenvalue weighted by Crippen LogP contribution is -2.43. The van der Waals surface area contributed by atoms with E-state index in [0.717, 1.165) is 39.3 Å². The molecule has 0 atom stereocenters. The van der Waals surface area contributed by atoms with Gasteiger partial charge in [-0.15, -0.1) is 0 Å². The molecule has 1 amide bonds. The van der Waals surface area contributed by atoms with Crippen molar-refractivity contribution < 1.29 is 19.4 Å². The molecule has 6 nitrogen and oxygen atoms in total. The van der Waals surface area contributed by atoms with E-state index in [9.17, 15) is 9.59 Å². The second-order valence-corrected chi connectivity index (χ2v) is 4.99. The van der Waals surface area contributed by atoms with Gasteiger partial charge in [-0.25, -0.2) is 0 Å². The van der Waals surface area contributed by atoms with Crippen LogP contribution in [0.3, 0.4) is 0 Å². The van der Waals surface area contributed by atoms with Crippen LogP contribution in [0.25, 0.3) is 0 Å². The average molecular weight is 258 g/mol. The van der Waals surface area contributed by atoms with Gasteiger partial charge in [0.1, 0.15) is 5.41 Å². The average Bonchev–Trinajstić information content (AvgIpc) is 2.35. The maximum absolute atomic E-state index is 11.6. The number of nitrogens with one attached hydrogen (secondary N) is 1. The van der Waals surface area contributed by atoms with Crippen molar-refractivity contribution in [1.29, 1.82) is 0 Å². The number of amides is 1. The Morgan fingerprint density at radius 2 is 1.94 bits per heavy atom. The van der Waals surface area contributed by atoms with Gasteiger partial charge in [0.05, 0.1) is 13.2 Å². The molecule has 1 fully saturated rings. The van der Waals surface area contributed by atoms with Crippen molar-refractivity contribution in [3.63, 3.8) is 0 Å². The van der Waals surface area contributed by atoms with Gasteiger partial charge in [0.25, 0.3) is 0 Å². The summed E-state index contributed by atoms with van der Waals surface area (Å²) in [5.41, 5.74) is -1.36. The molecular weight excluding hydrogens is 236 g/mol. The molecule has 0 aromatic rings. The van der Waals surface area contributed by atoms with Crippen molar-refractivity contribution in [2.45, 2.75) is 20.3 Å². The molecule has 0 radical (unpaired) electrons. The van der Waals surface area contributed by atoms with Crippen LogP contribution in [-0.4, -0.2) is 61.3 Å². The fourth-order valence-electron chi connectivity index (χ4n) is 1.65.